The Morgan fingerprint density at radius 3 is 2.77 bits per heavy atom. The molecule has 1 aromatic heterocycles. The summed E-state index contributed by atoms with van der Waals surface area (Å²) in [5, 5.41) is 16.6. The van der Waals surface area contributed by atoms with Gasteiger partial charge in [0.25, 0.3) is 0 Å². The number of phenols is 1. The number of nitrogens with zero attached hydrogens (tertiary/aromatic N) is 4. The largest absolute Gasteiger partial charge is 0.508 e. The fourth-order valence-electron chi connectivity index (χ4n) is 8.13. The SMILES string of the molecule is Cc1cccc2cc(O)cc(-c3c(Cl)cc4c(N5CC6CCC(C5)N6)nc(OC[C@@]56CCCN5C[C@H](F)C6)nc4c3F)c12. The number of nitrogens with one attached hydrogen (secondary N) is 1. The van der Waals surface area contributed by atoms with Gasteiger partial charge in [-0.3, -0.25) is 4.90 Å². The van der Waals surface area contributed by atoms with Gasteiger partial charge in [0.05, 0.1) is 10.6 Å². The van der Waals surface area contributed by atoms with E-state index in [0.717, 1.165) is 61.7 Å². The van der Waals surface area contributed by atoms with E-state index in [1.165, 1.54) is 0 Å². The lowest BCUT2D eigenvalue weighted by Gasteiger charge is -2.34. The molecule has 0 saturated carbocycles. The van der Waals surface area contributed by atoms with E-state index < -0.39 is 12.0 Å². The highest BCUT2D eigenvalue weighted by Gasteiger charge is 2.49. The van der Waals surface area contributed by atoms with Gasteiger partial charge < -0.3 is 20.1 Å². The minimum Gasteiger partial charge on any atom is -0.508 e. The summed E-state index contributed by atoms with van der Waals surface area (Å²) in [7, 11) is 0. The van der Waals surface area contributed by atoms with Crippen LogP contribution in [-0.2, 0) is 0 Å². The molecule has 0 amide bonds. The molecule has 8 rings (SSSR count). The quantitative estimate of drug-likeness (QED) is 0.283. The average molecular weight is 606 g/mol. The molecule has 43 heavy (non-hydrogen) atoms. The minimum absolute atomic E-state index is 0.0236. The van der Waals surface area contributed by atoms with Crippen LogP contribution in [0.5, 0.6) is 11.8 Å². The van der Waals surface area contributed by atoms with Crippen molar-refractivity contribution in [2.45, 2.75) is 62.8 Å². The molecule has 4 aliphatic heterocycles. The number of aromatic hydroxyl groups is 1. The van der Waals surface area contributed by atoms with Gasteiger partial charge in [0.2, 0.25) is 0 Å². The number of phenolic OH excluding ortho intramolecular Hbond substituents is 1. The van der Waals surface area contributed by atoms with Crippen LogP contribution in [0.25, 0.3) is 32.8 Å². The molecule has 10 heteroatoms. The third kappa shape index (κ3) is 4.50. The third-order valence-corrected chi connectivity index (χ3v) is 10.3. The van der Waals surface area contributed by atoms with Gasteiger partial charge >= 0.3 is 6.01 Å². The van der Waals surface area contributed by atoms with Crippen LogP contribution in [0.4, 0.5) is 14.6 Å². The molecule has 2 bridgehead atoms. The summed E-state index contributed by atoms with van der Waals surface area (Å²) in [6, 6.07) is 11.5. The van der Waals surface area contributed by atoms with Crippen molar-refractivity contribution in [2.24, 2.45) is 0 Å². The molecular formula is C33H34ClF2N5O2. The van der Waals surface area contributed by atoms with Crippen molar-refractivity contribution in [1.82, 2.24) is 20.2 Å². The fourth-order valence-corrected chi connectivity index (χ4v) is 8.42. The molecule has 2 unspecified atom stereocenters. The summed E-state index contributed by atoms with van der Waals surface area (Å²) in [5.74, 6) is 0.0309. The number of hydrogen-bond acceptors (Lipinski definition) is 7. The molecule has 3 aromatic carbocycles. The van der Waals surface area contributed by atoms with E-state index in [9.17, 15) is 9.50 Å². The smallest absolute Gasteiger partial charge is 0.319 e. The number of halogens is 3. The Hall–Kier alpha value is -3.27. The second-order valence-corrected chi connectivity index (χ2v) is 13.3. The van der Waals surface area contributed by atoms with Gasteiger partial charge in [0.1, 0.15) is 29.9 Å². The lowest BCUT2D eigenvalue weighted by atomic mass is 9.93. The molecule has 4 atom stereocenters. The molecular weight excluding hydrogens is 572 g/mol. The molecule has 4 aromatic rings. The van der Waals surface area contributed by atoms with Crippen LogP contribution in [0.3, 0.4) is 0 Å². The number of hydrogen-bond donors (Lipinski definition) is 2. The highest BCUT2D eigenvalue weighted by molar-refractivity contribution is 6.35. The zero-order valence-electron chi connectivity index (χ0n) is 24.0. The Labute approximate surface area is 253 Å². The minimum atomic E-state index is -0.879. The Balaban J connectivity index is 1.28. The molecule has 0 spiro atoms. The Morgan fingerprint density at radius 2 is 1.95 bits per heavy atom. The van der Waals surface area contributed by atoms with Gasteiger partial charge in [-0.05, 0) is 79.3 Å². The normalized spacial score (nSPS) is 27.0. The van der Waals surface area contributed by atoms with Gasteiger partial charge in [-0.25, -0.2) is 8.78 Å². The van der Waals surface area contributed by atoms with E-state index in [2.05, 4.69) is 20.1 Å². The number of alkyl halides is 1. The topological polar surface area (TPSA) is 73.8 Å². The lowest BCUT2D eigenvalue weighted by Crippen LogP contribution is -2.51. The highest BCUT2D eigenvalue weighted by atomic mass is 35.5. The van der Waals surface area contributed by atoms with Gasteiger partial charge in [0.15, 0.2) is 5.82 Å². The first-order valence-electron chi connectivity index (χ1n) is 15.2. The van der Waals surface area contributed by atoms with E-state index in [-0.39, 0.29) is 40.0 Å². The monoisotopic (exact) mass is 605 g/mol. The van der Waals surface area contributed by atoms with Crippen molar-refractivity contribution in [3.8, 4) is 22.9 Å². The molecule has 4 fully saturated rings. The number of aromatic nitrogens is 2. The second kappa shape index (κ2) is 10.1. The van der Waals surface area contributed by atoms with Gasteiger partial charge in [-0.2, -0.15) is 9.97 Å². The van der Waals surface area contributed by atoms with E-state index in [0.29, 0.717) is 41.8 Å². The highest BCUT2D eigenvalue weighted by Crippen LogP contribution is 2.44. The number of anilines is 1. The van der Waals surface area contributed by atoms with Crippen LogP contribution in [0.15, 0.2) is 36.4 Å². The maximum absolute atomic E-state index is 16.9. The summed E-state index contributed by atoms with van der Waals surface area (Å²) in [6.07, 6.45) is 3.56. The molecule has 4 saturated heterocycles. The van der Waals surface area contributed by atoms with Crippen LogP contribution < -0.4 is 15.0 Å². The van der Waals surface area contributed by atoms with Crippen molar-refractivity contribution in [3.63, 3.8) is 0 Å². The number of aryl methyl sites for hydroxylation is 1. The maximum Gasteiger partial charge on any atom is 0.319 e. The van der Waals surface area contributed by atoms with Gasteiger partial charge in [-0.1, -0.05) is 29.8 Å². The Morgan fingerprint density at radius 1 is 1.14 bits per heavy atom. The van der Waals surface area contributed by atoms with E-state index >= 15 is 4.39 Å². The molecule has 224 valence electrons. The zero-order valence-corrected chi connectivity index (χ0v) is 24.8. The Bertz CT molecular complexity index is 1760. The standard InChI is InChI=1S/C33H34ClF2N5O2/c1-18-4-2-5-19-10-23(42)11-24(27(18)19)28-26(34)12-25-30(29(28)36)38-32(39-31(25)40-15-21-6-7-22(16-40)37-21)43-17-33-8-3-9-41(33)14-20(35)13-33/h2,4-5,10-12,20-22,37,42H,3,6-9,13-17H2,1H3/t20-,21?,22?,33+/m1/s1. The van der Waals surface area contributed by atoms with E-state index in [4.69, 9.17) is 21.3 Å². The molecule has 2 N–H and O–H groups in total. The first kappa shape index (κ1) is 27.3. The van der Waals surface area contributed by atoms with E-state index in [1.807, 2.05) is 25.1 Å². The number of benzene rings is 3. The molecule has 4 aliphatic rings. The molecule has 0 aliphatic carbocycles. The number of rotatable bonds is 5. The van der Waals surface area contributed by atoms with Crippen LogP contribution in [-0.4, -0.2) is 76.6 Å². The summed E-state index contributed by atoms with van der Waals surface area (Å²) in [6.45, 7) is 4.96. The molecule has 7 nitrogen and oxygen atoms in total. The van der Waals surface area contributed by atoms with Crippen molar-refractivity contribution < 1.29 is 18.6 Å². The third-order valence-electron chi connectivity index (χ3n) is 10.0. The zero-order chi connectivity index (χ0) is 29.5. The maximum atomic E-state index is 16.9. The average Bonchev–Trinajstić information content (AvgIpc) is 3.62. The van der Waals surface area contributed by atoms with E-state index in [1.54, 1.807) is 18.2 Å². The van der Waals surface area contributed by atoms with Crippen LogP contribution in [0, 0.1) is 12.7 Å². The van der Waals surface area contributed by atoms with Gasteiger partial charge in [-0.15, -0.1) is 0 Å². The number of fused-ring (bicyclic) bond motifs is 5. The van der Waals surface area contributed by atoms with Gasteiger partial charge in [0, 0.05) is 49.1 Å². The first-order valence-corrected chi connectivity index (χ1v) is 15.6. The fraction of sp³-hybridized carbons (Fsp3) is 0.455. The van der Waals surface area contributed by atoms with Crippen LogP contribution >= 0.6 is 11.6 Å². The molecule has 0 radical (unpaired) electrons. The predicted octanol–water partition coefficient (Wildman–Crippen LogP) is 6.15. The lowest BCUT2D eigenvalue weighted by molar-refractivity contribution is 0.107. The summed E-state index contributed by atoms with van der Waals surface area (Å²) >= 11 is 6.91. The van der Waals surface area contributed by atoms with Crippen molar-refractivity contribution >= 4 is 39.1 Å². The Kier molecular flexibility index (Phi) is 6.44. The van der Waals surface area contributed by atoms with Crippen LogP contribution in [0.1, 0.15) is 37.7 Å². The van der Waals surface area contributed by atoms with Crippen molar-refractivity contribution in [2.75, 3.05) is 37.7 Å². The molecule has 5 heterocycles. The predicted molar refractivity (Wildman–Crippen MR) is 165 cm³/mol. The van der Waals surface area contributed by atoms with Crippen LogP contribution in [0.2, 0.25) is 5.02 Å². The summed E-state index contributed by atoms with van der Waals surface area (Å²) in [5.41, 5.74) is 1.35. The number of ether oxygens (including phenoxy) is 1. The number of piperazine rings is 1. The van der Waals surface area contributed by atoms with Crippen molar-refractivity contribution in [3.05, 3.63) is 52.8 Å². The van der Waals surface area contributed by atoms with Crippen molar-refractivity contribution in [1.29, 1.82) is 0 Å². The summed E-state index contributed by atoms with van der Waals surface area (Å²) in [4.78, 5) is 13.9. The summed E-state index contributed by atoms with van der Waals surface area (Å²) < 4.78 is 37.6. The first-order chi connectivity index (χ1) is 20.8. The second-order valence-electron chi connectivity index (χ2n) is 12.8.